The molecule has 0 unspecified atom stereocenters. The van der Waals surface area contributed by atoms with E-state index in [2.05, 4.69) is 17.0 Å². The van der Waals surface area contributed by atoms with Crippen LogP contribution in [0, 0.1) is 11.2 Å². The third kappa shape index (κ3) is 2.13. The molecule has 0 spiro atoms. The summed E-state index contributed by atoms with van der Waals surface area (Å²) >= 11 is 0. The van der Waals surface area contributed by atoms with Gasteiger partial charge in [0.1, 0.15) is 11.7 Å². The van der Waals surface area contributed by atoms with E-state index in [1.54, 1.807) is 18.2 Å². The average molecular weight is 269 g/mol. The van der Waals surface area contributed by atoms with Crippen molar-refractivity contribution in [2.75, 3.05) is 11.4 Å². The lowest BCUT2D eigenvalue weighted by molar-refractivity contribution is 0.603. The molecule has 0 amide bonds. The maximum absolute atomic E-state index is 14.3. The average Bonchev–Trinajstić information content (AvgIpc) is 2.84. The molecule has 0 atom stereocenters. The number of amidine groups is 1. The van der Waals surface area contributed by atoms with Crippen molar-refractivity contribution in [1.82, 2.24) is 0 Å². The maximum atomic E-state index is 14.3. The summed E-state index contributed by atoms with van der Waals surface area (Å²) in [4.78, 5) is 2.16. The third-order valence-corrected chi connectivity index (χ3v) is 3.71. The Morgan fingerprint density at radius 2 is 2.00 bits per heavy atom. The summed E-state index contributed by atoms with van der Waals surface area (Å²) in [5.74, 6) is -0.615. The number of anilines is 1. The van der Waals surface area contributed by atoms with Crippen molar-refractivity contribution < 1.29 is 4.39 Å². The van der Waals surface area contributed by atoms with Crippen LogP contribution in [0.5, 0.6) is 0 Å². The van der Waals surface area contributed by atoms with Gasteiger partial charge in [0.25, 0.3) is 0 Å². The Hall–Kier alpha value is -2.36. The van der Waals surface area contributed by atoms with Gasteiger partial charge in [0.15, 0.2) is 0 Å². The molecule has 2 aromatic carbocycles. The van der Waals surface area contributed by atoms with Crippen molar-refractivity contribution in [2.24, 2.45) is 5.73 Å². The molecule has 1 aliphatic heterocycles. The molecule has 0 radical (unpaired) electrons. The summed E-state index contributed by atoms with van der Waals surface area (Å²) in [5, 5.41) is 7.40. The molecular weight excluding hydrogens is 253 g/mol. The molecule has 0 saturated heterocycles. The number of hydrogen-bond acceptors (Lipinski definition) is 2. The number of fused-ring (bicyclic) bond motifs is 1. The minimum absolute atomic E-state index is 0.176. The molecule has 20 heavy (non-hydrogen) atoms. The lowest BCUT2D eigenvalue weighted by Crippen LogP contribution is -2.22. The predicted octanol–water partition coefficient (Wildman–Crippen LogP) is 2.67. The van der Waals surface area contributed by atoms with Gasteiger partial charge in [-0.2, -0.15) is 0 Å². The zero-order chi connectivity index (χ0) is 14.1. The highest BCUT2D eigenvalue weighted by molar-refractivity contribution is 5.95. The lowest BCUT2D eigenvalue weighted by atomic mass is 10.1. The van der Waals surface area contributed by atoms with E-state index in [1.165, 1.54) is 11.3 Å². The van der Waals surface area contributed by atoms with Crippen LogP contribution in [0.4, 0.5) is 10.1 Å². The Labute approximate surface area is 117 Å². The van der Waals surface area contributed by atoms with Gasteiger partial charge in [0.05, 0.1) is 5.56 Å². The standard InChI is InChI=1S/C16H16FN3/c17-15-12(5-3-6-13(15)16(18)19)10-20-9-8-11-4-1-2-7-14(11)20/h1-7H,8-10H2,(H3,18,19). The second-order valence-electron chi connectivity index (χ2n) is 4.99. The molecule has 3 N–H and O–H groups in total. The molecule has 4 heteroatoms. The fourth-order valence-electron chi connectivity index (χ4n) is 2.69. The summed E-state index contributed by atoms with van der Waals surface area (Å²) in [7, 11) is 0. The lowest BCUT2D eigenvalue weighted by Gasteiger charge is -2.20. The van der Waals surface area contributed by atoms with Gasteiger partial charge in [-0.3, -0.25) is 5.41 Å². The Morgan fingerprint density at radius 1 is 1.20 bits per heavy atom. The number of nitrogens with two attached hydrogens (primary N) is 1. The quantitative estimate of drug-likeness (QED) is 0.665. The van der Waals surface area contributed by atoms with Crippen molar-refractivity contribution in [3.63, 3.8) is 0 Å². The highest BCUT2D eigenvalue weighted by Gasteiger charge is 2.20. The minimum atomic E-state index is -0.385. The van der Waals surface area contributed by atoms with E-state index in [9.17, 15) is 4.39 Å². The molecule has 1 heterocycles. The van der Waals surface area contributed by atoms with Crippen LogP contribution in [0.3, 0.4) is 0 Å². The molecule has 2 aromatic rings. The normalized spacial score (nSPS) is 13.3. The highest BCUT2D eigenvalue weighted by Crippen LogP contribution is 2.29. The number of rotatable bonds is 3. The molecule has 0 bridgehead atoms. The summed E-state index contributed by atoms with van der Waals surface area (Å²) in [6.07, 6.45) is 0.990. The minimum Gasteiger partial charge on any atom is -0.384 e. The van der Waals surface area contributed by atoms with Crippen LogP contribution in [-0.4, -0.2) is 12.4 Å². The van der Waals surface area contributed by atoms with Crippen LogP contribution < -0.4 is 10.6 Å². The first-order valence-electron chi connectivity index (χ1n) is 6.61. The van der Waals surface area contributed by atoms with Gasteiger partial charge < -0.3 is 10.6 Å². The van der Waals surface area contributed by atoms with E-state index in [-0.39, 0.29) is 17.2 Å². The van der Waals surface area contributed by atoms with Crippen molar-refractivity contribution >= 4 is 11.5 Å². The van der Waals surface area contributed by atoms with Gasteiger partial charge in [-0.1, -0.05) is 30.3 Å². The number of nitrogens with one attached hydrogen (secondary N) is 1. The first-order valence-corrected chi connectivity index (χ1v) is 6.61. The highest BCUT2D eigenvalue weighted by atomic mass is 19.1. The van der Waals surface area contributed by atoms with Crippen LogP contribution in [0.2, 0.25) is 0 Å². The van der Waals surface area contributed by atoms with Gasteiger partial charge in [-0.05, 0) is 24.1 Å². The van der Waals surface area contributed by atoms with E-state index in [0.717, 1.165) is 13.0 Å². The summed E-state index contributed by atoms with van der Waals surface area (Å²) < 4.78 is 14.3. The van der Waals surface area contributed by atoms with Gasteiger partial charge in [-0.25, -0.2) is 4.39 Å². The van der Waals surface area contributed by atoms with E-state index in [4.69, 9.17) is 11.1 Å². The molecule has 102 valence electrons. The molecule has 0 aromatic heterocycles. The van der Waals surface area contributed by atoms with Gasteiger partial charge in [0, 0.05) is 24.3 Å². The van der Waals surface area contributed by atoms with Crippen LogP contribution in [-0.2, 0) is 13.0 Å². The molecule has 3 rings (SSSR count). The molecule has 1 aliphatic rings. The monoisotopic (exact) mass is 269 g/mol. The topological polar surface area (TPSA) is 53.1 Å². The summed E-state index contributed by atoms with van der Waals surface area (Å²) in [6.45, 7) is 1.40. The van der Waals surface area contributed by atoms with Crippen molar-refractivity contribution in [1.29, 1.82) is 5.41 Å². The Bertz CT molecular complexity index is 667. The predicted molar refractivity (Wildman–Crippen MR) is 78.6 cm³/mol. The van der Waals surface area contributed by atoms with Crippen LogP contribution >= 0.6 is 0 Å². The second-order valence-corrected chi connectivity index (χ2v) is 4.99. The first-order chi connectivity index (χ1) is 9.66. The zero-order valence-electron chi connectivity index (χ0n) is 11.1. The van der Waals surface area contributed by atoms with Gasteiger partial charge >= 0.3 is 0 Å². The van der Waals surface area contributed by atoms with Crippen LogP contribution in [0.1, 0.15) is 16.7 Å². The van der Waals surface area contributed by atoms with Crippen molar-refractivity contribution in [2.45, 2.75) is 13.0 Å². The second kappa shape index (κ2) is 4.96. The largest absolute Gasteiger partial charge is 0.384 e. The van der Waals surface area contributed by atoms with Crippen LogP contribution in [0.25, 0.3) is 0 Å². The molecule has 0 fully saturated rings. The Kier molecular flexibility index (Phi) is 3.14. The summed E-state index contributed by atoms with van der Waals surface area (Å²) in [6, 6.07) is 13.2. The van der Waals surface area contributed by atoms with E-state index < -0.39 is 0 Å². The van der Waals surface area contributed by atoms with E-state index in [0.29, 0.717) is 12.1 Å². The number of halogens is 1. The summed E-state index contributed by atoms with van der Waals surface area (Å²) in [5.41, 5.74) is 8.62. The van der Waals surface area contributed by atoms with E-state index in [1.807, 2.05) is 12.1 Å². The Morgan fingerprint density at radius 3 is 2.80 bits per heavy atom. The first kappa shape index (κ1) is 12.7. The number of nitrogen functional groups attached to an aromatic ring is 1. The fourth-order valence-corrected chi connectivity index (χ4v) is 2.69. The smallest absolute Gasteiger partial charge is 0.139 e. The number of nitrogens with zero attached hydrogens (tertiary/aromatic N) is 1. The van der Waals surface area contributed by atoms with Crippen molar-refractivity contribution in [3.05, 3.63) is 65.0 Å². The number of para-hydroxylation sites is 1. The van der Waals surface area contributed by atoms with E-state index >= 15 is 0 Å². The fraction of sp³-hybridized carbons (Fsp3) is 0.188. The Balaban J connectivity index is 1.90. The van der Waals surface area contributed by atoms with Crippen LogP contribution in [0.15, 0.2) is 42.5 Å². The van der Waals surface area contributed by atoms with Gasteiger partial charge in [-0.15, -0.1) is 0 Å². The third-order valence-electron chi connectivity index (χ3n) is 3.71. The molecule has 0 aliphatic carbocycles. The van der Waals surface area contributed by atoms with Gasteiger partial charge in [0.2, 0.25) is 0 Å². The molecule has 0 saturated carbocycles. The zero-order valence-corrected chi connectivity index (χ0v) is 11.1. The van der Waals surface area contributed by atoms with Crippen molar-refractivity contribution in [3.8, 4) is 0 Å². The molecular formula is C16H16FN3. The SMILES string of the molecule is N=C(N)c1cccc(CN2CCc3ccccc32)c1F. The molecule has 3 nitrogen and oxygen atoms in total. The number of benzene rings is 2. The number of hydrogen-bond donors (Lipinski definition) is 2. The maximum Gasteiger partial charge on any atom is 0.139 e.